The minimum atomic E-state index is -4.92. The predicted octanol–water partition coefficient (Wildman–Crippen LogP) is -1.41. The van der Waals surface area contributed by atoms with Gasteiger partial charge in [-0.1, -0.05) is 19.3 Å². The summed E-state index contributed by atoms with van der Waals surface area (Å²) in [5.41, 5.74) is -0.437. The largest absolute Gasteiger partial charge is 1.00 e. The fourth-order valence-corrected chi connectivity index (χ4v) is 1.03. The van der Waals surface area contributed by atoms with Crippen molar-refractivity contribution in [1.82, 2.24) is 10.2 Å². The van der Waals surface area contributed by atoms with Crippen LogP contribution in [0.1, 0.15) is 25.5 Å². The number of hydrogen-bond donors (Lipinski definition) is 1. The molecule has 0 atom stereocenters. The maximum atomic E-state index is 12.2. The Hall–Kier alpha value is 0.701. The van der Waals surface area contributed by atoms with E-state index in [1.807, 2.05) is 0 Å². The Morgan fingerprint density at radius 2 is 1.92 bits per heavy atom. The van der Waals surface area contributed by atoms with Gasteiger partial charge in [0.15, 0.2) is 0 Å². The first kappa shape index (κ1) is 13.7. The molecule has 1 heterocycles. The molecule has 0 amide bonds. The Balaban J connectivity index is 0.00000144. The van der Waals surface area contributed by atoms with Crippen LogP contribution in [0.15, 0.2) is 6.20 Å². The van der Waals surface area contributed by atoms with Crippen molar-refractivity contribution in [2.75, 3.05) is 0 Å². The van der Waals surface area contributed by atoms with Crippen molar-refractivity contribution < 1.29 is 64.3 Å². The van der Waals surface area contributed by atoms with Crippen molar-refractivity contribution in [3.63, 3.8) is 0 Å². The topological polar surface area (TPSA) is 28.7 Å². The van der Waals surface area contributed by atoms with Crippen molar-refractivity contribution in [2.45, 2.75) is 19.8 Å². The van der Waals surface area contributed by atoms with Crippen LogP contribution in [0.25, 0.3) is 0 Å². The zero-order valence-corrected chi connectivity index (χ0v) is 10.9. The van der Waals surface area contributed by atoms with Gasteiger partial charge in [-0.25, -0.2) is 0 Å². The van der Waals surface area contributed by atoms with E-state index in [-0.39, 0.29) is 63.0 Å². The third-order valence-corrected chi connectivity index (χ3v) is 1.63. The number of nitrogens with one attached hydrogen (secondary N) is 1. The van der Waals surface area contributed by atoms with Crippen molar-refractivity contribution in [3.8, 4) is 0 Å². The molecule has 0 saturated carbocycles. The molecule has 0 unspecified atom stereocenters. The van der Waals surface area contributed by atoms with Crippen LogP contribution >= 0.6 is 0 Å². The summed E-state index contributed by atoms with van der Waals surface area (Å²) in [5.74, 6) is -0.175. The molecule has 0 bridgehead atoms. The average Bonchev–Trinajstić information content (AvgIpc) is 2.30. The van der Waals surface area contributed by atoms with Crippen LogP contribution in [-0.2, 0) is 0 Å². The molecular formula is C6H9BF3KN2. The summed E-state index contributed by atoms with van der Waals surface area (Å²) in [4.78, 5) is 0. The molecule has 0 saturated heterocycles. The molecule has 13 heavy (non-hydrogen) atoms. The summed E-state index contributed by atoms with van der Waals surface area (Å²) >= 11 is 0. The molecule has 0 radical (unpaired) electrons. The molecule has 1 rings (SSSR count). The second-order valence-electron chi connectivity index (χ2n) is 2.97. The van der Waals surface area contributed by atoms with E-state index in [1.165, 1.54) is 0 Å². The summed E-state index contributed by atoms with van der Waals surface area (Å²) in [6.45, 7) is -1.53. The molecular weight excluding hydrogens is 207 g/mol. The van der Waals surface area contributed by atoms with Crippen molar-refractivity contribution >= 4 is 12.4 Å². The Kier molecular flexibility index (Phi) is 5.24. The van der Waals surface area contributed by atoms with Crippen LogP contribution in [0.3, 0.4) is 0 Å². The first-order valence-corrected chi connectivity index (χ1v) is 3.66. The molecule has 0 fully saturated rings. The molecule has 0 aliphatic carbocycles. The molecule has 0 aromatic carbocycles. The van der Waals surface area contributed by atoms with Gasteiger partial charge in [0, 0.05) is 11.9 Å². The number of hydrogen-bond acceptors (Lipinski definition) is 1. The van der Waals surface area contributed by atoms with Gasteiger partial charge in [0.1, 0.15) is 0 Å². The summed E-state index contributed by atoms with van der Waals surface area (Å²) in [7, 11) is 0. The van der Waals surface area contributed by atoms with E-state index >= 15 is 0 Å². The van der Waals surface area contributed by atoms with Gasteiger partial charge in [-0.05, 0) is 5.92 Å². The average molecular weight is 216 g/mol. The first-order chi connectivity index (χ1) is 5.43. The molecule has 0 aliphatic rings. The normalized spacial score (nSPS) is 11.5. The third-order valence-electron chi connectivity index (χ3n) is 1.63. The third kappa shape index (κ3) is 3.39. The molecule has 0 spiro atoms. The second kappa shape index (κ2) is 4.97. The zero-order valence-electron chi connectivity index (χ0n) is 7.81. The monoisotopic (exact) mass is 216 g/mol. The van der Waals surface area contributed by atoms with Crippen LogP contribution in [-0.4, -0.2) is 17.2 Å². The van der Waals surface area contributed by atoms with Crippen molar-refractivity contribution in [1.29, 1.82) is 0 Å². The Morgan fingerprint density at radius 3 is 2.23 bits per heavy atom. The quantitative estimate of drug-likeness (QED) is 0.604. The minimum absolute atomic E-state index is 0. The standard InChI is InChI=1S/C6H9BF3N2.K/c1-4(2)6-5(3-11-12-6)7(8,9)10;/h3-4H,1-2H3,(H,11,12);/q-1;+1. The maximum Gasteiger partial charge on any atom is 1.00 e. The van der Waals surface area contributed by atoms with Gasteiger partial charge in [-0.2, -0.15) is 5.10 Å². The molecule has 7 heteroatoms. The zero-order chi connectivity index (χ0) is 9.35. The molecule has 68 valence electrons. The number of halogens is 3. The number of H-pyrrole nitrogens is 1. The maximum absolute atomic E-state index is 12.2. The summed E-state index contributed by atoms with van der Waals surface area (Å²) in [6.07, 6.45) is 0.843. The van der Waals surface area contributed by atoms with Crippen LogP contribution < -0.4 is 56.8 Å². The predicted molar refractivity (Wildman–Crippen MR) is 41.4 cm³/mol. The molecule has 1 N–H and O–H groups in total. The SMILES string of the molecule is CC(C)c1[nH]ncc1[B-](F)(F)F.[K+]. The van der Waals surface area contributed by atoms with Gasteiger partial charge in [0.2, 0.25) is 0 Å². The van der Waals surface area contributed by atoms with Gasteiger partial charge >= 0.3 is 58.4 Å². The van der Waals surface area contributed by atoms with E-state index in [2.05, 4.69) is 10.2 Å². The van der Waals surface area contributed by atoms with E-state index in [0.29, 0.717) is 0 Å². The molecule has 1 aromatic heterocycles. The minimum Gasteiger partial charge on any atom is -0.445 e. The molecule has 2 nitrogen and oxygen atoms in total. The Morgan fingerprint density at radius 1 is 1.38 bits per heavy atom. The fraction of sp³-hybridized carbons (Fsp3) is 0.500. The van der Waals surface area contributed by atoms with Gasteiger partial charge in [0.25, 0.3) is 0 Å². The summed E-state index contributed by atoms with van der Waals surface area (Å²) < 4.78 is 36.7. The smallest absolute Gasteiger partial charge is 0.445 e. The number of nitrogens with zero attached hydrogens (tertiary/aromatic N) is 1. The van der Waals surface area contributed by atoms with Crippen LogP contribution in [0.2, 0.25) is 0 Å². The first-order valence-electron chi connectivity index (χ1n) is 3.66. The van der Waals surface area contributed by atoms with Crippen molar-refractivity contribution in [2.24, 2.45) is 0 Å². The molecule has 1 aromatic rings. The van der Waals surface area contributed by atoms with Crippen LogP contribution in [0.4, 0.5) is 12.9 Å². The summed E-state index contributed by atoms with van der Waals surface area (Å²) in [5, 5.41) is 5.74. The fourth-order valence-electron chi connectivity index (χ4n) is 1.03. The van der Waals surface area contributed by atoms with E-state index in [9.17, 15) is 12.9 Å². The number of aromatic nitrogens is 2. The van der Waals surface area contributed by atoms with E-state index in [0.717, 1.165) is 6.20 Å². The Bertz CT molecular complexity index is 271. The second-order valence-corrected chi connectivity index (χ2v) is 2.97. The van der Waals surface area contributed by atoms with Crippen LogP contribution in [0.5, 0.6) is 0 Å². The number of rotatable bonds is 2. The van der Waals surface area contributed by atoms with Gasteiger partial charge in [-0.3, -0.25) is 5.10 Å². The molecule has 0 aliphatic heterocycles. The Labute approximate surface area is 117 Å². The van der Waals surface area contributed by atoms with Gasteiger partial charge in [-0.15, -0.1) is 0 Å². The van der Waals surface area contributed by atoms with E-state index < -0.39 is 12.4 Å². The van der Waals surface area contributed by atoms with E-state index in [4.69, 9.17) is 0 Å². The van der Waals surface area contributed by atoms with Gasteiger partial charge in [0.05, 0.1) is 0 Å². The van der Waals surface area contributed by atoms with Crippen molar-refractivity contribution in [3.05, 3.63) is 11.9 Å². The van der Waals surface area contributed by atoms with Crippen LogP contribution in [0, 0.1) is 0 Å². The van der Waals surface area contributed by atoms with E-state index in [1.54, 1.807) is 13.8 Å². The summed E-state index contributed by atoms with van der Waals surface area (Å²) in [6, 6.07) is 0. The number of aromatic amines is 1. The van der Waals surface area contributed by atoms with Gasteiger partial charge < -0.3 is 12.9 Å².